The van der Waals surface area contributed by atoms with Gasteiger partial charge in [-0.3, -0.25) is 0 Å². The number of terminal acetylenes is 1. The van der Waals surface area contributed by atoms with Gasteiger partial charge < -0.3 is 10.6 Å². The molecule has 0 aromatic carbocycles. The van der Waals surface area contributed by atoms with Gasteiger partial charge in [0.2, 0.25) is 0 Å². The molecule has 72 valence electrons. The largest absolute Gasteiger partial charge is 0.313 e. The maximum absolute atomic E-state index is 8.64. The highest BCUT2D eigenvalue weighted by Crippen LogP contribution is 2.16. The monoisotopic (exact) mass is 179 g/mol. The van der Waals surface area contributed by atoms with Crippen LogP contribution in [0.3, 0.4) is 0 Å². The van der Waals surface area contributed by atoms with Gasteiger partial charge in [-0.1, -0.05) is 0 Å². The predicted molar refractivity (Wildman–Crippen MR) is 53.8 cm³/mol. The Morgan fingerprint density at radius 3 is 2.15 bits per heavy atom. The highest BCUT2D eigenvalue weighted by molar-refractivity contribution is 5.06. The van der Waals surface area contributed by atoms with Gasteiger partial charge in [0.25, 0.3) is 0 Å². The van der Waals surface area contributed by atoms with Crippen molar-refractivity contribution in [2.24, 2.45) is 5.73 Å². The number of rotatable bonds is 0. The summed E-state index contributed by atoms with van der Waals surface area (Å²) in [7, 11) is 2.05. The summed E-state index contributed by atoms with van der Waals surface area (Å²) in [5.74, 6) is 2.25. The van der Waals surface area contributed by atoms with Crippen LogP contribution >= 0.6 is 0 Å². The molecule has 1 fully saturated rings. The summed E-state index contributed by atoms with van der Waals surface area (Å²) in [6.45, 7) is 3.55. The third-order valence-electron chi connectivity index (χ3n) is 2.10. The van der Waals surface area contributed by atoms with E-state index in [-0.39, 0.29) is 0 Å². The van der Waals surface area contributed by atoms with Gasteiger partial charge in [-0.15, -0.1) is 12.3 Å². The van der Waals surface area contributed by atoms with Gasteiger partial charge in [0.05, 0.1) is 6.07 Å². The van der Waals surface area contributed by atoms with E-state index < -0.39 is 5.54 Å². The molecule has 1 saturated heterocycles. The zero-order valence-corrected chi connectivity index (χ0v) is 8.38. The van der Waals surface area contributed by atoms with Crippen molar-refractivity contribution in [3.8, 4) is 18.4 Å². The summed E-state index contributed by atoms with van der Waals surface area (Å²) in [6, 6.07) is 2.15. The molecule has 0 aromatic heterocycles. The molecule has 0 spiro atoms. The Morgan fingerprint density at radius 1 is 1.46 bits per heavy atom. The standard InChI is InChI=1S/C7H13N3.C3H4/c1-10-4-2-7(9,6-8)3-5-10;1-3-2/h2-5,9H2,1H3;1H,2H3. The van der Waals surface area contributed by atoms with E-state index in [1.807, 2.05) is 0 Å². The minimum atomic E-state index is -0.535. The minimum absolute atomic E-state index is 0.535. The first-order valence-corrected chi connectivity index (χ1v) is 4.34. The van der Waals surface area contributed by atoms with E-state index >= 15 is 0 Å². The van der Waals surface area contributed by atoms with Gasteiger partial charge >= 0.3 is 0 Å². The first-order valence-electron chi connectivity index (χ1n) is 4.34. The van der Waals surface area contributed by atoms with Crippen LogP contribution in [0.4, 0.5) is 0 Å². The Labute approximate surface area is 80.5 Å². The third kappa shape index (κ3) is 4.52. The molecular formula is C10H17N3. The van der Waals surface area contributed by atoms with Crippen molar-refractivity contribution in [3.05, 3.63) is 0 Å². The van der Waals surface area contributed by atoms with Crippen molar-refractivity contribution >= 4 is 0 Å². The number of nitriles is 1. The second-order valence-corrected chi connectivity index (χ2v) is 3.36. The van der Waals surface area contributed by atoms with Gasteiger partial charge in [-0.05, 0) is 26.8 Å². The van der Waals surface area contributed by atoms with Gasteiger partial charge in [0.15, 0.2) is 0 Å². The van der Waals surface area contributed by atoms with E-state index in [0.717, 1.165) is 25.9 Å². The molecule has 0 radical (unpaired) electrons. The summed E-state index contributed by atoms with van der Waals surface area (Å²) >= 11 is 0. The molecule has 2 N–H and O–H groups in total. The van der Waals surface area contributed by atoms with Crippen molar-refractivity contribution in [1.29, 1.82) is 5.26 Å². The van der Waals surface area contributed by atoms with Crippen LogP contribution in [0.5, 0.6) is 0 Å². The Hall–Kier alpha value is -1.03. The van der Waals surface area contributed by atoms with E-state index in [9.17, 15) is 0 Å². The smallest absolute Gasteiger partial charge is 0.106 e. The molecule has 0 aromatic rings. The topological polar surface area (TPSA) is 53.0 Å². The Morgan fingerprint density at radius 2 is 1.85 bits per heavy atom. The molecule has 0 amide bonds. The maximum Gasteiger partial charge on any atom is 0.106 e. The Kier molecular flexibility index (Phi) is 5.14. The lowest BCUT2D eigenvalue weighted by atomic mass is 9.91. The fourth-order valence-corrected chi connectivity index (χ4v) is 1.13. The zero-order valence-electron chi connectivity index (χ0n) is 8.38. The quantitative estimate of drug-likeness (QED) is 0.553. The van der Waals surface area contributed by atoms with Crippen LogP contribution in [0.15, 0.2) is 0 Å². The lowest BCUT2D eigenvalue weighted by Crippen LogP contribution is -2.48. The molecular weight excluding hydrogens is 162 g/mol. The van der Waals surface area contributed by atoms with Crippen LogP contribution in [-0.4, -0.2) is 30.6 Å². The van der Waals surface area contributed by atoms with Crippen molar-refractivity contribution in [1.82, 2.24) is 4.90 Å². The molecule has 3 nitrogen and oxygen atoms in total. The maximum atomic E-state index is 8.64. The first-order chi connectivity index (χ1) is 6.08. The molecule has 0 aliphatic carbocycles. The van der Waals surface area contributed by atoms with E-state index in [1.54, 1.807) is 6.92 Å². The molecule has 1 heterocycles. The van der Waals surface area contributed by atoms with E-state index in [1.165, 1.54) is 0 Å². The normalized spacial score (nSPS) is 20.4. The van der Waals surface area contributed by atoms with Crippen LogP contribution in [0.1, 0.15) is 19.8 Å². The van der Waals surface area contributed by atoms with Gasteiger partial charge in [0.1, 0.15) is 5.54 Å². The molecule has 1 rings (SSSR count). The van der Waals surface area contributed by atoms with Crippen molar-refractivity contribution in [2.45, 2.75) is 25.3 Å². The highest BCUT2D eigenvalue weighted by Gasteiger charge is 2.28. The number of hydrogen-bond donors (Lipinski definition) is 1. The van der Waals surface area contributed by atoms with E-state index in [2.05, 4.69) is 30.4 Å². The second-order valence-electron chi connectivity index (χ2n) is 3.36. The van der Waals surface area contributed by atoms with Crippen molar-refractivity contribution in [2.75, 3.05) is 20.1 Å². The van der Waals surface area contributed by atoms with E-state index in [4.69, 9.17) is 11.0 Å². The SMILES string of the molecule is C#CC.CN1CCC(N)(C#N)CC1. The van der Waals surface area contributed by atoms with Gasteiger partial charge in [-0.25, -0.2) is 0 Å². The molecule has 3 heteroatoms. The molecule has 1 aliphatic rings. The number of hydrogen-bond acceptors (Lipinski definition) is 3. The highest BCUT2D eigenvalue weighted by atomic mass is 15.1. The van der Waals surface area contributed by atoms with Gasteiger partial charge in [-0.2, -0.15) is 5.26 Å². The second kappa shape index (κ2) is 5.59. The third-order valence-corrected chi connectivity index (χ3v) is 2.10. The number of nitrogens with zero attached hydrogens (tertiary/aromatic N) is 2. The predicted octanol–water partition coefficient (Wildman–Crippen LogP) is 0.573. The summed E-state index contributed by atoms with van der Waals surface area (Å²) in [5, 5.41) is 8.64. The molecule has 0 unspecified atom stereocenters. The van der Waals surface area contributed by atoms with Crippen LogP contribution < -0.4 is 5.73 Å². The van der Waals surface area contributed by atoms with Crippen LogP contribution in [0.2, 0.25) is 0 Å². The summed E-state index contributed by atoms with van der Waals surface area (Å²) in [5.41, 5.74) is 5.20. The Balaban J connectivity index is 0.000000424. The lowest BCUT2D eigenvalue weighted by Gasteiger charge is -2.32. The minimum Gasteiger partial charge on any atom is -0.313 e. The average Bonchev–Trinajstić information content (AvgIpc) is 2.12. The van der Waals surface area contributed by atoms with Crippen LogP contribution in [0.25, 0.3) is 0 Å². The number of likely N-dealkylation sites (tertiary alicyclic amines) is 1. The summed E-state index contributed by atoms with van der Waals surface area (Å²) in [6.07, 6.45) is 6.21. The number of piperidine rings is 1. The first kappa shape index (κ1) is 12.0. The molecule has 0 bridgehead atoms. The Bertz CT molecular complexity index is 213. The van der Waals surface area contributed by atoms with Gasteiger partial charge in [0, 0.05) is 13.1 Å². The summed E-state index contributed by atoms with van der Waals surface area (Å²) in [4.78, 5) is 2.20. The zero-order chi connectivity index (χ0) is 10.3. The molecule has 0 atom stereocenters. The number of nitrogens with two attached hydrogens (primary N) is 1. The van der Waals surface area contributed by atoms with Crippen LogP contribution in [0, 0.1) is 23.7 Å². The van der Waals surface area contributed by atoms with Crippen molar-refractivity contribution < 1.29 is 0 Å². The lowest BCUT2D eigenvalue weighted by molar-refractivity contribution is 0.224. The molecule has 13 heavy (non-hydrogen) atoms. The van der Waals surface area contributed by atoms with E-state index in [0.29, 0.717) is 0 Å². The summed E-state index contributed by atoms with van der Waals surface area (Å²) < 4.78 is 0. The fraction of sp³-hybridized carbons (Fsp3) is 0.700. The molecule has 1 aliphatic heterocycles. The fourth-order valence-electron chi connectivity index (χ4n) is 1.13. The molecule has 0 saturated carbocycles. The average molecular weight is 179 g/mol. The van der Waals surface area contributed by atoms with Crippen molar-refractivity contribution in [3.63, 3.8) is 0 Å². The van der Waals surface area contributed by atoms with Crippen LogP contribution in [-0.2, 0) is 0 Å².